The lowest BCUT2D eigenvalue weighted by molar-refractivity contribution is -0.162. The summed E-state index contributed by atoms with van der Waals surface area (Å²) < 4.78 is 13.2. The Balaban J connectivity index is 1.43. The van der Waals surface area contributed by atoms with Crippen LogP contribution in [-0.2, 0) is 38.6 Å². The number of amides is 1. The Morgan fingerprint density at radius 1 is 0.897 bits per heavy atom. The molecule has 0 spiro atoms. The molecule has 1 saturated heterocycles. The number of likely N-dealkylation sites (tertiary alicyclic amines) is 1. The molecule has 2 aromatic rings. The standard InChI is InChI=1S/C30H42N4O5/c1-29(2,3)38-27(36)21-13-15-33(16-14-21)26(35)20-9-7-19(8-10-20)25-23(17-31)34-18-22(11-12-24(34)32-25)28(37)39-30(4,5)6/h7-10,21-22H,11-18,31H2,1-6H3. The van der Waals surface area contributed by atoms with Crippen LogP contribution in [-0.4, -0.2) is 56.6 Å². The molecule has 2 aliphatic rings. The van der Waals surface area contributed by atoms with Crippen molar-refractivity contribution in [2.24, 2.45) is 17.6 Å². The average Bonchev–Trinajstić information content (AvgIpc) is 3.24. The van der Waals surface area contributed by atoms with Gasteiger partial charge in [-0.15, -0.1) is 0 Å². The minimum atomic E-state index is -0.526. The van der Waals surface area contributed by atoms with Gasteiger partial charge in [0.2, 0.25) is 0 Å². The van der Waals surface area contributed by atoms with Gasteiger partial charge in [0.05, 0.1) is 23.2 Å². The Morgan fingerprint density at radius 2 is 1.46 bits per heavy atom. The predicted molar refractivity (Wildman–Crippen MR) is 148 cm³/mol. The minimum absolute atomic E-state index is 0.0485. The Labute approximate surface area is 231 Å². The van der Waals surface area contributed by atoms with Crippen molar-refractivity contribution in [3.8, 4) is 11.3 Å². The molecule has 1 aromatic carbocycles. The third kappa shape index (κ3) is 6.87. The Bertz CT molecular complexity index is 1210. The van der Waals surface area contributed by atoms with Gasteiger partial charge < -0.3 is 24.7 Å². The first kappa shape index (κ1) is 28.8. The fourth-order valence-corrected chi connectivity index (χ4v) is 5.23. The molecule has 2 aliphatic heterocycles. The number of benzene rings is 1. The van der Waals surface area contributed by atoms with Crippen molar-refractivity contribution in [3.05, 3.63) is 41.3 Å². The number of hydrogen-bond acceptors (Lipinski definition) is 7. The van der Waals surface area contributed by atoms with E-state index in [0.29, 0.717) is 50.9 Å². The Kier molecular flexibility index (Phi) is 8.21. The van der Waals surface area contributed by atoms with Gasteiger partial charge in [-0.05, 0) is 72.9 Å². The van der Waals surface area contributed by atoms with Crippen molar-refractivity contribution in [1.29, 1.82) is 0 Å². The van der Waals surface area contributed by atoms with Crippen LogP contribution in [0, 0.1) is 11.8 Å². The highest BCUT2D eigenvalue weighted by molar-refractivity contribution is 5.95. The van der Waals surface area contributed by atoms with E-state index in [1.54, 1.807) is 4.90 Å². The molecular weight excluding hydrogens is 496 g/mol. The largest absolute Gasteiger partial charge is 0.460 e. The number of ether oxygens (including phenoxy) is 2. The number of aryl methyl sites for hydroxylation is 1. The molecule has 1 atom stereocenters. The van der Waals surface area contributed by atoms with Crippen LogP contribution in [0.25, 0.3) is 11.3 Å². The molecule has 1 amide bonds. The maximum atomic E-state index is 13.2. The second kappa shape index (κ2) is 11.1. The summed E-state index contributed by atoms with van der Waals surface area (Å²) in [5.74, 6) is 0.0841. The number of esters is 2. The monoisotopic (exact) mass is 538 g/mol. The molecule has 212 valence electrons. The van der Waals surface area contributed by atoms with Gasteiger partial charge in [-0.3, -0.25) is 14.4 Å². The van der Waals surface area contributed by atoms with Crippen LogP contribution >= 0.6 is 0 Å². The molecule has 1 aromatic heterocycles. The summed E-state index contributed by atoms with van der Waals surface area (Å²) in [4.78, 5) is 44.9. The molecule has 0 saturated carbocycles. The van der Waals surface area contributed by atoms with Crippen LogP contribution in [0.5, 0.6) is 0 Å². The number of piperidine rings is 1. The number of hydrogen-bond donors (Lipinski definition) is 1. The van der Waals surface area contributed by atoms with E-state index < -0.39 is 11.2 Å². The quantitative estimate of drug-likeness (QED) is 0.570. The van der Waals surface area contributed by atoms with Gasteiger partial charge >= 0.3 is 11.9 Å². The number of carbonyl (C=O) groups is 3. The number of rotatable bonds is 5. The van der Waals surface area contributed by atoms with Crippen LogP contribution in [0.3, 0.4) is 0 Å². The molecule has 9 heteroatoms. The lowest BCUT2D eigenvalue weighted by atomic mass is 9.96. The molecular formula is C30H42N4O5. The van der Waals surface area contributed by atoms with E-state index in [1.165, 1.54) is 0 Å². The van der Waals surface area contributed by atoms with Crippen LogP contribution in [0.2, 0.25) is 0 Å². The number of aromatic nitrogens is 2. The molecule has 1 fully saturated rings. The zero-order chi connectivity index (χ0) is 28.5. The van der Waals surface area contributed by atoms with E-state index in [0.717, 1.165) is 22.8 Å². The summed E-state index contributed by atoms with van der Waals surface area (Å²) in [6.07, 6.45) is 2.56. The van der Waals surface area contributed by atoms with Gasteiger partial charge in [0, 0.05) is 43.7 Å². The third-order valence-electron chi connectivity index (χ3n) is 7.13. The summed E-state index contributed by atoms with van der Waals surface area (Å²) in [5, 5.41) is 0. The maximum absolute atomic E-state index is 13.2. The second-order valence-electron chi connectivity index (χ2n) is 12.6. The molecule has 1 unspecified atom stereocenters. The van der Waals surface area contributed by atoms with Gasteiger partial charge in [0.1, 0.15) is 17.0 Å². The lowest BCUT2D eigenvalue weighted by Gasteiger charge is -2.32. The maximum Gasteiger partial charge on any atom is 0.311 e. The van der Waals surface area contributed by atoms with Gasteiger partial charge in [-0.1, -0.05) is 12.1 Å². The topological polar surface area (TPSA) is 117 Å². The number of carbonyl (C=O) groups excluding carboxylic acids is 3. The highest BCUT2D eigenvalue weighted by Crippen LogP contribution is 2.31. The van der Waals surface area contributed by atoms with Crippen molar-refractivity contribution in [2.75, 3.05) is 13.1 Å². The van der Waals surface area contributed by atoms with Crippen LogP contribution in [0.15, 0.2) is 24.3 Å². The second-order valence-corrected chi connectivity index (χ2v) is 12.6. The van der Waals surface area contributed by atoms with E-state index in [4.69, 9.17) is 20.2 Å². The molecule has 3 heterocycles. The highest BCUT2D eigenvalue weighted by Gasteiger charge is 2.33. The molecule has 9 nitrogen and oxygen atoms in total. The summed E-state index contributed by atoms with van der Waals surface area (Å²) >= 11 is 0. The molecule has 0 aliphatic carbocycles. The first-order chi connectivity index (χ1) is 18.3. The number of fused-ring (bicyclic) bond motifs is 1. The highest BCUT2D eigenvalue weighted by atomic mass is 16.6. The molecule has 0 bridgehead atoms. The molecule has 0 radical (unpaired) electrons. The van der Waals surface area contributed by atoms with Crippen LogP contribution in [0.4, 0.5) is 0 Å². The smallest absolute Gasteiger partial charge is 0.311 e. The number of imidazole rings is 1. The van der Waals surface area contributed by atoms with Crippen molar-refractivity contribution < 1.29 is 23.9 Å². The van der Waals surface area contributed by atoms with Crippen molar-refractivity contribution in [3.63, 3.8) is 0 Å². The Morgan fingerprint density at radius 3 is 2.00 bits per heavy atom. The van der Waals surface area contributed by atoms with E-state index >= 15 is 0 Å². The summed E-state index contributed by atoms with van der Waals surface area (Å²) in [7, 11) is 0. The molecule has 2 N–H and O–H groups in total. The van der Waals surface area contributed by atoms with E-state index in [1.807, 2.05) is 65.8 Å². The van der Waals surface area contributed by atoms with Gasteiger partial charge in [0.25, 0.3) is 5.91 Å². The number of nitrogens with two attached hydrogens (primary N) is 1. The molecule has 39 heavy (non-hydrogen) atoms. The van der Waals surface area contributed by atoms with Crippen molar-refractivity contribution in [1.82, 2.24) is 14.5 Å². The normalized spacial score (nSPS) is 18.4. The minimum Gasteiger partial charge on any atom is -0.460 e. The molecule has 4 rings (SSSR count). The zero-order valence-electron chi connectivity index (χ0n) is 24.1. The zero-order valence-corrected chi connectivity index (χ0v) is 24.1. The fraction of sp³-hybridized carbons (Fsp3) is 0.600. The van der Waals surface area contributed by atoms with Crippen LogP contribution < -0.4 is 5.73 Å². The van der Waals surface area contributed by atoms with Gasteiger partial charge in [-0.25, -0.2) is 4.98 Å². The summed E-state index contributed by atoms with van der Waals surface area (Å²) in [6.45, 7) is 13.1. The van der Waals surface area contributed by atoms with E-state index in [9.17, 15) is 14.4 Å². The lowest BCUT2D eigenvalue weighted by Crippen LogP contribution is -2.41. The van der Waals surface area contributed by atoms with E-state index in [2.05, 4.69) is 4.57 Å². The van der Waals surface area contributed by atoms with Crippen LogP contribution in [0.1, 0.15) is 82.7 Å². The van der Waals surface area contributed by atoms with Gasteiger partial charge in [0.15, 0.2) is 0 Å². The SMILES string of the molecule is CC(C)(C)OC(=O)C1CCN(C(=O)c2ccc(-c3nc4n(c3CN)CC(C(=O)OC(C)(C)C)CC4)cc2)CC1. The Hall–Kier alpha value is -3.20. The number of nitrogens with zero attached hydrogens (tertiary/aromatic N) is 3. The fourth-order valence-electron chi connectivity index (χ4n) is 5.23. The predicted octanol–water partition coefficient (Wildman–Crippen LogP) is 4.11. The van der Waals surface area contributed by atoms with Gasteiger partial charge in [-0.2, -0.15) is 0 Å². The summed E-state index contributed by atoms with van der Waals surface area (Å²) in [6, 6.07) is 7.44. The first-order valence-corrected chi connectivity index (χ1v) is 13.9. The first-order valence-electron chi connectivity index (χ1n) is 13.9. The third-order valence-corrected chi connectivity index (χ3v) is 7.13. The van der Waals surface area contributed by atoms with E-state index in [-0.39, 0.29) is 36.2 Å². The average molecular weight is 539 g/mol. The van der Waals surface area contributed by atoms with Crippen molar-refractivity contribution in [2.45, 2.75) is 91.5 Å². The summed E-state index contributed by atoms with van der Waals surface area (Å²) in [5.41, 5.74) is 8.25. The van der Waals surface area contributed by atoms with Crippen molar-refractivity contribution >= 4 is 17.8 Å².